The molecule has 88 valence electrons. The predicted octanol–water partition coefficient (Wildman–Crippen LogP) is 4.70. The van der Waals surface area contributed by atoms with Crippen molar-refractivity contribution in [3.05, 3.63) is 71.8 Å². The van der Waals surface area contributed by atoms with Crippen molar-refractivity contribution in [3.8, 4) is 0 Å². The monoisotopic (exact) mass is 240 g/mol. The van der Waals surface area contributed by atoms with Gasteiger partial charge in [-0.3, -0.25) is 0 Å². The topological polar surface area (TPSA) is 0 Å². The zero-order chi connectivity index (χ0) is 12.3. The van der Waals surface area contributed by atoms with E-state index >= 15 is 0 Å². The van der Waals surface area contributed by atoms with Gasteiger partial charge in [-0.15, -0.1) is 0 Å². The Morgan fingerprint density at radius 1 is 0.647 bits per heavy atom. The summed E-state index contributed by atoms with van der Waals surface area (Å²) in [6, 6.07) is 21.8. The van der Waals surface area contributed by atoms with Crippen LogP contribution in [0.3, 0.4) is 0 Å². The Bertz CT molecular complexity index is 414. The molecule has 2 rings (SSSR count). The van der Waals surface area contributed by atoms with E-state index in [0.717, 1.165) is 0 Å². The van der Waals surface area contributed by atoms with Gasteiger partial charge >= 0.3 is 0 Å². The molecule has 0 heterocycles. The second-order valence-corrected chi connectivity index (χ2v) is 10.9. The summed E-state index contributed by atoms with van der Waals surface area (Å²) in [5.41, 5.74) is 3.50. The second-order valence-electron chi connectivity index (χ2n) is 5.62. The fraction of sp³-hybridized carbons (Fsp3) is 0.250. The van der Waals surface area contributed by atoms with Crippen molar-refractivity contribution in [1.29, 1.82) is 0 Å². The van der Waals surface area contributed by atoms with Gasteiger partial charge in [-0.1, -0.05) is 80.3 Å². The Balaban J connectivity index is 2.48. The Kier molecular flexibility index (Phi) is 3.48. The quantitative estimate of drug-likeness (QED) is 0.682. The largest absolute Gasteiger partial charge is 0.0688 e. The SMILES string of the molecule is C[Si](C)(C)C(c1ccccc1)c1ccccc1. The van der Waals surface area contributed by atoms with Crippen LogP contribution in [-0.4, -0.2) is 8.07 Å². The van der Waals surface area contributed by atoms with Crippen LogP contribution in [0.4, 0.5) is 0 Å². The number of hydrogen-bond acceptors (Lipinski definition) is 0. The maximum Gasteiger partial charge on any atom is 0.0573 e. The van der Waals surface area contributed by atoms with E-state index in [2.05, 4.69) is 80.3 Å². The molecule has 1 heteroatoms. The van der Waals surface area contributed by atoms with Crippen LogP contribution in [0.25, 0.3) is 0 Å². The Hall–Kier alpha value is -1.34. The van der Waals surface area contributed by atoms with Crippen LogP contribution in [-0.2, 0) is 0 Å². The Morgan fingerprint density at radius 3 is 1.29 bits per heavy atom. The van der Waals surface area contributed by atoms with Crippen molar-refractivity contribution in [1.82, 2.24) is 0 Å². The molecule has 0 nitrogen and oxygen atoms in total. The molecule has 0 atom stereocenters. The lowest BCUT2D eigenvalue weighted by molar-refractivity contribution is 1.07. The molecule has 0 radical (unpaired) electrons. The first-order chi connectivity index (χ1) is 8.09. The number of rotatable bonds is 3. The summed E-state index contributed by atoms with van der Waals surface area (Å²) < 4.78 is 0. The van der Waals surface area contributed by atoms with E-state index in [9.17, 15) is 0 Å². The van der Waals surface area contributed by atoms with Gasteiger partial charge in [0.05, 0.1) is 8.07 Å². The average Bonchev–Trinajstić information content (AvgIpc) is 2.30. The van der Waals surface area contributed by atoms with Gasteiger partial charge in [0.25, 0.3) is 0 Å². The third kappa shape index (κ3) is 2.86. The van der Waals surface area contributed by atoms with Crippen molar-refractivity contribution in [2.75, 3.05) is 0 Å². The minimum absolute atomic E-state index is 0.588. The fourth-order valence-electron chi connectivity index (χ4n) is 2.48. The van der Waals surface area contributed by atoms with E-state index in [1.807, 2.05) is 0 Å². The zero-order valence-electron chi connectivity index (χ0n) is 10.9. The van der Waals surface area contributed by atoms with Gasteiger partial charge < -0.3 is 0 Å². The van der Waals surface area contributed by atoms with Crippen LogP contribution < -0.4 is 0 Å². The zero-order valence-corrected chi connectivity index (χ0v) is 11.9. The molecule has 0 amide bonds. The van der Waals surface area contributed by atoms with Crippen molar-refractivity contribution in [2.45, 2.75) is 25.2 Å². The maximum absolute atomic E-state index is 2.44. The number of hydrogen-bond donors (Lipinski definition) is 0. The van der Waals surface area contributed by atoms with Crippen LogP contribution in [0, 0.1) is 0 Å². The highest BCUT2D eigenvalue weighted by Gasteiger charge is 2.29. The molecule has 0 spiro atoms. The van der Waals surface area contributed by atoms with Gasteiger partial charge in [0.2, 0.25) is 0 Å². The van der Waals surface area contributed by atoms with Gasteiger partial charge in [-0.05, 0) is 11.1 Å². The Labute approximate surface area is 105 Å². The van der Waals surface area contributed by atoms with E-state index in [1.54, 1.807) is 0 Å². The lowest BCUT2D eigenvalue weighted by Gasteiger charge is -2.30. The molecule has 2 aromatic rings. The normalized spacial score (nSPS) is 11.8. The second kappa shape index (κ2) is 4.88. The third-order valence-corrected chi connectivity index (χ3v) is 5.53. The van der Waals surface area contributed by atoms with E-state index in [1.165, 1.54) is 11.1 Å². The first-order valence-electron chi connectivity index (χ1n) is 6.19. The van der Waals surface area contributed by atoms with Gasteiger partial charge in [-0.25, -0.2) is 0 Å². The van der Waals surface area contributed by atoms with Gasteiger partial charge in [0.1, 0.15) is 0 Å². The molecule has 0 unspecified atom stereocenters. The third-order valence-electron chi connectivity index (χ3n) is 3.13. The van der Waals surface area contributed by atoms with E-state index in [4.69, 9.17) is 0 Å². The van der Waals surface area contributed by atoms with Gasteiger partial charge in [0.15, 0.2) is 0 Å². The highest BCUT2D eigenvalue weighted by molar-refractivity contribution is 6.78. The van der Waals surface area contributed by atoms with E-state index in [0.29, 0.717) is 5.54 Å². The standard InChI is InChI=1S/C16H20Si/c1-17(2,3)16(14-10-6-4-7-11-14)15-12-8-5-9-13-15/h4-13,16H,1-3H3. The lowest BCUT2D eigenvalue weighted by atomic mass is 10.0. The van der Waals surface area contributed by atoms with Crippen LogP contribution >= 0.6 is 0 Å². The molecule has 0 saturated heterocycles. The molecule has 0 aromatic heterocycles. The van der Waals surface area contributed by atoms with Crippen molar-refractivity contribution in [3.63, 3.8) is 0 Å². The summed E-state index contributed by atoms with van der Waals surface area (Å²) in [5.74, 6) is 0. The first kappa shape index (κ1) is 12.1. The minimum atomic E-state index is -1.27. The molecule has 0 aliphatic heterocycles. The molecule has 2 aromatic carbocycles. The van der Waals surface area contributed by atoms with Crippen molar-refractivity contribution in [2.24, 2.45) is 0 Å². The van der Waals surface area contributed by atoms with Crippen LogP contribution in [0.5, 0.6) is 0 Å². The molecule has 17 heavy (non-hydrogen) atoms. The summed E-state index contributed by atoms with van der Waals surface area (Å²) in [6.45, 7) is 7.33. The average molecular weight is 240 g/mol. The van der Waals surface area contributed by atoms with Crippen LogP contribution in [0.2, 0.25) is 19.6 Å². The van der Waals surface area contributed by atoms with Gasteiger partial charge in [-0.2, -0.15) is 0 Å². The van der Waals surface area contributed by atoms with E-state index in [-0.39, 0.29) is 0 Å². The smallest absolute Gasteiger partial charge is 0.0573 e. The number of benzene rings is 2. The molecule has 0 saturated carbocycles. The first-order valence-corrected chi connectivity index (χ1v) is 9.76. The predicted molar refractivity (Wildman–Crippen MR) is 78.1 cm³/mol. The molecule has 0 N–H and O–H groups in total. The fourth-order valence-corrected chi connectivity index (χ4v) is 4.87. The summed E-state index contributed by atoms with van der Waals surface area (Å²) in [6.07, 6.45) is 0. The van der Waals surface area contributed by atoms with Crippen molar-refractivity contribution >= 4 is 8.07 Å². The van der Waals surface area contributed by atoms with Gasteiger partial charge in [0, 0.05) is 5.54 Å². The Morgan fingerprint density at radius 2 is 1.00 bits per heavy atom. The summed E-state index contributed by atoms with van der Waals surface area (Å²) in [5, 5.41) is 0. The summed E-state index contributed by atoms with van der Waals surface area (Å²) in [4.78, 5) is 0. The highest BCUT2D eigenvalue weighted by atomic mass is 28.3. The molecule has 0 bridgehead atoms. The minimum Gasteiger partial charge on any atom is -0.0688 e. The molecular formula is C16H20Si. The summed E-state index contributed by atoms with van der Waals surface area (Å²) in [7, 11) is -1.27. The molecule has 0 fully saturated rings. The van der Waals surface area contributed by atoms with Crippen LogP contribution in [0.15, 0.2) is 60.7 Å². The van der Waals surface area contributed by atoms with Crippen molar-refractivity contribution < 1.29 is 0 Å². The summed E-state index contributed by atoms with van der Waals surface area (Å²) >= 11 is 0. The van der Waals surface area contributed by atoms with Crippen LogP contribution in [0.1, 0.15) is 16.7 Å². The maximum atomic E-state index is 2.44. The van der Waals surface area contributed by atoms with E-state index < -0.39 is 8.07 Å². The molecule has 0 aliphatic carbocycles. The lowest BCUT2D eigenvalue weighted by Crippen LogP contribution is -2.31. The highest BCUT2D eigenvalue weighted by Crippen LogP contribution is 2.33. The molecular weight excluding hydrogens is 220 g/mol. The molecule has 0 aliphatic rings.